The molecule has 0 bridgehead atoms. The Labute approximate surface area is 127 Å². The SMILES string of the molecule is CCN(CCCNC1CCc2c(O)cccc21)S(C)(=O)=O. The Hall–Kier alpha value is -1.11. The minimum atomic E-state index is -3.10. The van der Waals surface area contributed by atoms with Gasteiger partial charge in [0.1, 0.15) is 5.75 Å². The van der Waals surface area contributed by atoms with E-state index in [1.807, 2.05) is 13.0 Å². The van der Waals surface area contributed by atoms with Crippen molar-refractivity contribution in [2.75, 3.05) is 25.9 Å². The van der Waals surface area contributed by atoms with Crippen LogP contribution in [0.4, 0.5) is 0 Å². The summed E-state index contributed by atoms with van der Waals surface area (Å²) in [6, 6.07) is 5.91. The monoisotopic (exact) mass is 312 g/mol. The Morgan fingerprint density at radius 1 is 1.43 bits per heavy atom. The third-order valence-corrected chi connectivity index (χ3v) is 5.42. The summed E-state index contributed by atoms with van der Waals surface area (Å²) in [5.41, 5.74) is 2.21. The average Bonchev–Trinajstić information content (AvgIpc) is 2.82. The van der Waals surface area contributed by atoms with Gasteiger partial charge in [-0.25, -0.2) is 12.7 Å². The normalized spacial score (nSPS) is 18.1. The highest BCUT2D eigenvalue weighted by molar-refractivity contribution is 7.88. The van der Waals surface area contributed by atoms with E-state index < -0.39 is 10.0 Å². The lowest BCUT2D eigenvalue weighted by molar-refractivity contribution is 0.410. The largest absolute Gasteiger partial charge is 0.508 e. The molecule has 0 amide bonds. The van der Waals surface area contributed by atoms with Crippen LogP contribution in [0.3, 0.4) is 0 Å². The summed E-state index contributed by atoms with van der Waals surface area (Å²) in [6.07, 6.45) is 3.91. The van der Waals surface area contributed by atoms with Crippen molar-refractivity contribution in [2.45, 2.75) is 32.2 Å². The molecule has 6 heteroatoms. The maximum absolute atomic E-state index is 11.5. The zero-order valence-electron chi connectivity index (χ0n) is 12.7. The molecule has 0 fully saturated rings. The van der Waals surface area contributed by atoms with Gasteiger partial charge in [0.15, 0.2) is 0 Å². The zero-order chi connectivity index (χ0) is 15.5. The summed E-state index contributed by atoms with van der Waals surface area (Å²) in [7, 11) is -3.10. The van der Waals surface area contributed by atoms with Crippen LogP contribution in [0.5, 0.6) is 5.75 Å². The Balaban J connectivity index is 1.83. The molecule has 1 unspecified atom stereocenters. The maximum Gasteiger partial charge on any atom is 0.211 e. The number of aromatic hydroxyl groups is 1. The molecule has 0 spiro atoms. The molecule has 2 N–H and O–H groups in total. The molecule has 1 aliphatic carbocycles. The van der Waals surface area contributed by atoms with Gasteiger partial charge in [-0.2, -0.15) is 0 Å². The van der Waals surface area contributed by atoms with Gasteiger partial charge in [0.05, 0.1) is 6.26 Å². The quantitative estimate of drug-likeness (QED) is 0.751. The predicted octanol–water partition coefficient (Wildman–Crippen LogP) is 1.64. The minimum absolute atomic E-state index is 0.264. The third kappa shape index (κ3) is 3.96. The fourth-order valence-electron chi connectivity index (χ4n) is 2.94. The van der Waals surface area contributed by atoms with Gasteiger partial charge < -0.3 is 10.4 Å². The highest BCUT2D eigenvalue weighted by Crippen LogP contribution is 2.36. The van der Waals surface area contributed by atoms with Gasteiger partial charge in [0, 0.05) is 19.1 Å². The first-order chi connectivity index (χ1) is 9.93. The number of hydrogen-bond donors (Lipinski definition) is 2. The van der Waals surface area contributed by atoms with Crippen LogP contribution in [0.2, 0.25) is 0 Å². The van der Waals surface area contributed by atoms with E-state index in [4.69, 9.17) is 0 Å². The molecule has 0 saturated heterocycles. The molecule has 0 saturated carbocycles. The van der Waals surface area contributed by atoms with Crippen LogP contribution in [-0.2, 0) is 16.4 Å². The molecule has 1 aliphatic rings. The van der Waals surface area contributed by atoms with E-state index in [1.54, 1.807) is 6.07 Å². The molecule has 5 nitrogen and oxygen atoms in total. The van der Waals surface area contributed by atoms with Crippen LogP contribution in [0, 0.1) is 0 Å². The summed E-state index contributed by atoms with van der Waals surface area (Å²) in [5, 5.41) is 13.3. The average molecular weight is 312 g/mol. The molecule has 0 heterocycles. The minimum Gasteiger partial charge on any atom is -0.508 e. The van der Waals surface area contributed by atoms with Crippen LogP contribution >= 0.6 is 0 Å². The van der Waals surface area contributed by atoms with E-state index in [0.29, 0.717) is 18.8 Å². The van der Waals surface area contributed by atoms with Crippen molar-refractivity contribution in [1.82, 2.24) is 9.62 Å². The van der Waals surface area contributed by atoms with E-state index in [2.05, 4.69) is 11.4 Å². The van der Waals surface area contributed by atoms with Crippen LogP contribution in [0.1, 0.15) is 36.9 Å². The molecular weight excluding hydrogens is 288 g/mol. The number of nitrogens with one attached hydrogen (secondary N) is 1. The number of rotatable bonds is 7. The van der Waals surface area contributed by atoms with Gasteiger partial charge in [-0.1, -0.05) is 19.1 Å². The van der Waals surface area contributed by atoms with E-state index >= 15 is 0 Å². The van der Waals surface area contributed by atoms with Crippen LogP contribution in [0.15, 0.2) is 18.2 Å². The van der Waals surface area contributed by atoms with Crippen LogP contribution in [0.25, 0.3) is 0 Å². The second-order valence-corrected chi connectivity index (χ2v) is 7.48. The molecule has 1 aromatic rings. The summed E-state index contributed by atoms with van der Waals surface area (Å²) in [5.74, 6) is 0.381. The molecular formula is C15H24N2O3S. The molecule has 1 atom stereocenters. The summed E-state index contributed by atoms with van der Waals surface area (Å²) < 4.78 is 24.5. The summed E-state index contributed by atoms with van der Waals surface area (Å²) in [4.78, 5) is 0. The molecule has 0 aromatic heterocycles. The molecule has 1 aromatic carbocycles. The standard InChI is InChI=1S/C15H24N2O3S/c1-3-17(21(2,19)20)11-5-10-16-14-9-8-13-12(14)6-4-7-15(13)18/h4,6-7,14,16,18H,3,5,8-11H2,1-2H3. The third-order valence-electron chi connectivity index (χ3n) is 4.04. The highest BCUT2D eigenvalue weighted by atomic mass is 32.2. The number of hydrogen-bond acceptors (Lipinski definition) is 4. The van der Waals surface area contributed by atoms with Crippen LogP contribution < -0.4 is 5.32 Å². The number of sulfonamides is 1. The second kappa shape index (κ2) is 6.77. The first-order valence-electron chi connectivity index (χ1n) is 7.42. The fourth-order valence-corrected chi connectivity index (χ4v) is 3.87. The van der Waals surface area contributed by atoms with Crippen molar-refractivity contribution < 1.29 is 13.5 Å². The van der Waals surface area contributed by atoms with E-state index in [1.165, 1.54) is 16.1 Å². The smallest absolute Gasteiger partial charge is 0.211 e. The zero-order valence-corrected chi connectivity index (χ0v) is 13.5. The first kappa shape index (κ1) is 16.3. The summed E-state index contributed by atoms with van der Waals surface area (Å²) in [6.45, 7) is 3.68. The van der Waals surface area contributed by atoms with Gasteiger partial charge in [-0.15, -0.1) is 0 Å². The first-order valence-corrected chi connectivity index (χ1v) is 9.27. The van der Waals surface area contributed by atoms with Gasteiger partial charge in [-0.05, 0) is 43.0 Å². The van der Waals surface area contributed by atoms with E-state index in [0.717, 1.165) is 31.4 Å². The molecule has 2 rings (SSSR count). The lowest BCUT2D eigenvalue weighted by Crippen LogP contribution is -2.32. The fraction of sp³-hybridized carbons (Fsp3) is 0.600. The van der Waals surface area contributed by atoms with Gasteiger partial charge in [0.2, 0.25) is 10.0 Å². The maximum atomic E-state index is 11.5. The molecule has 21 heavy (non-hydrogen) atoms. The Morgan fingerprint density at radius 3 is 2.86 bits per heavy atom. The number of phenolic OH excluding ortho intramolecular Hbond substituents is 1. The lowest BCUT2D eigenvalue weighted by Gasteiger charge is -2.19. The number of phenols is 1. The topological polar surface area (TPSA) is 69.6 Å². The van der Waals surface area contributed by atoms with E-state index in [9.17, 15) is 13.5 Å². The van der Waals surface area contributed by atoms with Crippen LogP contribution in [-0.4, -0.2) is 43.7 Å². The lowest BCUT2D eigenvalue weighted by atomic mass is 10.1. The molecule has 0 radical (unpaired) electrons. The van der Waals surface area contributed by atoms with Crippen molar-refractivity contribution in [2.24, 2.45) is 0 Å². The Morgan fingerprint density at radius 2 is 2.19 bits per heavy atom. The summed E-state index contributed by atoms with van der Waals surface area (Å²) >= 11 is 0. The number of fused-ring (bicyclic) bond motifs is 1. The van der Waals surface area contributed by atoms with Gasteiger partial charge >= 0.3 is 0 Å². The van der Waals surface area contributed by atoms with E-state index in [-0.39, 0.29) is 6.04 Å². The number of nitrogens with zero attached hydrogens (tertiary/aromatic N) is 1. The van der Waals surface area contributed by atoms with Crippen molar-refractivity contribution in [3.63, 3.8) is 0 Å². The Bertz CT molecular complexity index is 587. The number of benzene rings is 1. The predicted molar refractivity (Wildman–Crippen MR) is 83.9 cm³/mol. The van der Waals surface area contributed by atoms with Crippen molar-refractivity contribution in [1.29, 1.82) is 0 Å². The molecule has 0 aliphatic heterocycles. The van der Waals surface area contributed by atoms with Crippen molar-refractivity contribution >= 4 is 10.0 Å². The van der Waals surface area contributed by atoms with Gasteiger partial charge in [-0.3, -0.25) is 0 Å². The highest BCUT2D eigenvalue weighted by Gasteiger charge is 2.24. The van der Waals surface area contributed by atoms with Crippen molar-refractivity contribution in [3.8, 4) is 5.75 Å². The second-order valence-electron chi connectivity index (χ2n) is 5.50. The Kier molecular flexibility index (Phi) is 5.24. The van der Waals surface area contributed by atoms with Gasteiger partial charge in [0.25, 0.3) is 0 Å². The van der Waals surface area contributed by atoms with Crippen molar-refractivity contribution in [3.05, 3.63) is 29.3 Å². The molecule has 118 valence electrons.